The Morgan fingerprint density at radius 2 is 2.12 bits per heavy atom. The quantitative estimate of drug-likeness (QED) is 0.705. The molecule has 2 aliphatic heterocycles. The van der Waals surface area contributed by atoms with Crippen LogP contribution < -0.4 is 15.4 Å². The number of hydrogen-bond donors (Lipinski definition) is 3. The highest BCUT2D eigenvalue weighted by molar-refractivity contribution is 7.89. The van der Waals surface area contributed by atoms with E-state index in [1.165, 1.54) is 0 Å². The molecule has 0 spiro atoms. The van der Waals surface area contributed by atoms with Crippen molar-refractivity contribution in [2.45, 2.75) is 50.0 Å². The second kappa shape index (κ2) is 7.18. The van der Waals surface area contributed by atoms with Crippen LogP contribution in [0.3, 0.4) is 0 Å². The third-order valence-corrected chi connectivity index (χ3v) is 5.81. The lowest BCUT2D eigenvalue weighted by molar-refractivity contribution is -0.120. The van der Waals surface area contributed by atoms with Gasteiger partial charge in [-0.1, -0.05) is 6.07 Å². The highest BCUT2D eigenvalue weighted by Crippen LogP contribution is 2.22. The summed E-state index contributed by atoms with van der Waals surface area (Å²) in [5, 5.41) is 6.20. The fourth-order valence-electron chi connectivity index (χ4n) is 3.10. The normalized spacial score (nSPS) is 23.7. The minimum atomic E-state index is -3.71. The van der Waals surface area contributed by atoms with Crippen LogP contribution in [0.4, 0.5) is 0 Å². The second-order valence-corrected chi connectivity index (χ2v) is 8.16. The molecule has 1 aromatic carbocycles. The number of benzene rings is 1. The molecule has 2 aliphatic rings. The zero-order valence-electron chi connectivity index (χ0n) is 13.7. The highest BCUT2D eigenvalue weighted by atomic mass is 32.2. The summed E-state index contributed by atoms with van der Waals surface area (Å²) in [7, 11) is -3.71. The molecule has 8 heteroatoms. The van der Waals surface area contributed by atoms with E-state index >= 15 is 0 Å². The maximum Gasteiger partial charge on any atom is 0.241 e. The Balaban J connectivity index is 1.56. The second-order valence-electron chi connectivity index (χ2n) is 6.39. The molecule has 3 rings (SSSR count). The fourth-order valence-corrected chi connectivity index (χ4v) is 4.13. The summed E-state index contributed by atoms with van der Waals surface area (Å²) in [6.45, 7) is 3.61. The molecule has 0 aliphatic carbocycles. The lowest BCUT2D eigenvalue weighted by Gasteiger charge is -2.28. The van der Waals surface area contributed by atoms with Gasteiger partial charge in [-0.2, -0.15) is 0 Å². The molecule has 1 saturated heterocycles. The van der Waals surface area contributed by atoms with Crippen LogP contribution in [0.25, 0.3) is 0 Å². The summed E-state index contributed by atoms with van der Waals surface area (Å²) >= 11 is 0. The Morgan fingerprint density at radius 3 is 2.92 bits per heavy atom. The van der Waals surface area contributed by atoms with Crippen LogP contribution in [-0.4, -0.2) is 39.5 Å². The van der Waals surface area contributed by atoms with E-state index in [-0.39, 0.29) is 23.4 Å². The van der Waals surface area contributed by atoms with Crippen LogP contribution >= 0.6 is 0 Å². The number of hydrogen-bond acceptors (Lipinski definition) is 5. The lowest BCUT2D eigenvalue weighted by atomic mass is 10.0. The molecule has 1 fully saturated rings. The standard InChI is InChI=1S/C16H23N3O4S/c1-11-6-14(4-5-17-11)19-16(20)8-18-24(21,22)15-3-2-12-9-23-10-13(12)7-15/h2-3,7,11,14,17-18H,4-6,8-10H2,1H3,(H,19,20). The Labute approximate surface area is 142 Å². The number of rotatable bonds is 5. The third-order valence-electron chi connectivity index (χ3n) is 4.41. The van der Waals surface area contributed by atoms with E-state index in [2.05, 4.69) is 22.3 Å². The number of fused-ring (bicyclic) bond motifs is 1. The van der Waals surface area contributed by atoms with E-state index in [0.29, 0.717) is 19.3 Å². The van der Waals surface area contributed by atoms with Gasteiger partial charge in [-0.25, -0.2) is 13.1 Å². The summed E-state index contributed by atoms with van der Waals surface area (Å²) in [4.78, 5) is 12.2. The average molecular weight is 353 g/mol. The van der Waals surface area contributed by atoms with Crippen LogP contribution in [0.5, 0.6) is 0 Å². The fraction of sp³-hybridized carbons (Fsp3) is 0.562. The van der Waals surface area contributed by atoms with Crippen molar-refractivity contribution in [3.63, 3.8) is 0 Å². The summed E-state index contributed by atoms with van der Waals surface area (Å²) < 4.78 is 32.3. The molecule has 3 N–H and O–H groups in total. The van der Waals surface area contributed by atoms with Crippen molar-refractivity contribution < 1.29 is 17.9 Å². The molecule has 0 saturated carbocycles. The molecule has 1 amide bonds. The van der Waals surface area contributed by atoms with Gasteiger partial charge in [0, 0.05) is 12.1 Å². The number of ether oxygens (including phenoxy) is 1. The molecule has 0 radical (unpaired) electrons. The predicted molar refractivity (Wildman–Crippen MR) is 88.8 cm³/mol. The maximum atomic E-state index is 12.3. The van der Waals surface area contributed by atoms with Gasteiger partial charge in [0.05, 0.1) is 24.7 Å². The summed E-state index contributed by atoms with van der Waals surface area (Å²) in [5.41, 5.74) is 1.89. The Hall–Kier alpha value is -1.48. The van der Waals surface area contributed by atoms with Gasteiger partial charge in [0.2, 0.25) is 15.9 Å². The molecule has 2 heterocycles. The summed E-state index contributed by atoms with van der Waals surface area (Å²) in [6, 6.07) is 5.36. The number of piperidine rings is 1. The first-order valence-corrected chi connectivity index (χ1v) is 9.64. The van der Waals surface area contributed by atoms with E-state index in [1.54, 1.807) is 18.2 Å². The smallest absolute Gasteiger partial charge is 0.241 e. The first kappa shape index (κ1) is 17.3. The van der Waals surface area contributed by atoms with E-state index in [9.17, 15) is 13.2 Å². The highest BCUT2D eigenvalue weighted by Gasteiger charge is 2.22. The Morgan fingerprint density at radius 1 is 1.33 bits per heavy atom. The average Bonchev–Trinajstić information content (AvgIpc) is 3.01. The SMILES string of the molecule is CC1CC(NC(=O)CNS(=O)(=O)c2ccc3c(c2)COC3)CCN1. The molecule has 7 nitrogen and oxygen atoms in total. The van der Waals surface area contributed by atoms with Gasteiger partial charge < -0.3 is 15.4 Å². The minimum Gasteiger partial charge on any atom is -0.372 e. The summed E-state index contributed by atoms with van der Waals surface area (Å²) in [5.74, 6) is -0.304. The van der Waals surface area contributed by atoms with Gasteiger partial charge in [0.15, 0.2) is 0 Å². The van der Waals surface area contributed by atoms with Gasteiger partial charge in [-0.15, -0.1) is 0 Å². The molecule has 1 aromatic rings. The van der Waals surface area contributed by atoms with E-state index in [0.717, 1.165) is 30.5 Å². The number of carbonyl (C=O) groups is 1. The first-order chi connectivity index (χ1) is 11.4. The topological polar surface area (TPSA) is 96.5 Å². The van der Waals surface area contributed by atoms with Crippen molar-refractivity contribution in [3.05, 3.63) is 29.3 Å². The van der Waals surface area contributed by atoms with Crippen LogP contribution in [0, 0.1) is 0 Å². The third kappa shape index (κ3) is 4.13. The van der Waals surface area contributed by atoms with E-state index < -0.39 is 10.0 Å². The van der Waals surface area contributed by atoms with Crippen LogP contribution in [0.2, 0.25) is 0 Å². The van der Waals surface area contributed by atoms with Crippen molar-refractivity contribution in [1.82, 2.24) is 15.4 Å². The number of amides is 1. The van der Waals surface area contributed by atoms with Gasteiger partial charge in [0.25, 0.3) is 0 Å². The zero-order chi connectivity index (χ0) is 17.2. The van der Waals surface area contributed by atoms with Crippen molar-refractivity contribution in [2.24, 2.45) is 0 Å². The molecule has 132 valence electrons. The van der Waals surface area contributed by atoms with E-state index in [1.807, 2.05) is 0 Å². The van der Waals surface area contributed by atoms with Crippen LogP contribution in [-0.2, 0) is 32.8 Å². The van der Waals surface area contributed by atoms with Gasteiger partial charge in [0.1, 0.15) is 0 Å². The van der Waals surface area contributed by atoms with Crippen molar-refractivity contribution >= 4 is 15.9 Å². The zero-order valence-corrected chi connectivity index (χ0v) is 14.5. The molecule has 0 bridgehead atoms. The largest absolute Gasteiger partial charge is 0.372 e. The van der Waals surface area contributed by atoms with Crippen molar-refractivity contribution in [2.75, 3.05) is 13.1 Å². The maximum absolute atomic E-state index is 12.3. The van der Waals surface area contributed by atoms with Gasteiger partial charge in [-0.3, -0.25) is 4.79 Å². The molecule has 24 heavy (non-hydrogen) atoms. The summed E-state index contributed by atoms with van der Waals surface area (Å²) in [6.07, 6.45) is 1.71. The number of nitrogens with one attached hydrogen (secondary N) is 3. The van der Waals surface area contributed by atoms with E-state index in [4.69, 9.17) is 4.74 Å². The van der Waals surface area contributed by atoms with Gasteiger partial charge >= 0.3 is 0 Å². The molecule has 2 atom stereocenters. The molecule has 2 unspecified atom stereocenters. The number of carbonyl (C=O) groups excluding carboxylic acids is 1. The van der Waals surface area contributed by atoms with Crippen molar-refractivity contribution in [3.8, 4) is 0 Å². The van der Waals surface area contributed by atoms with Crippen LogP contribution in [0.1, 0.15) is 30.9 Å². The predicted octanol–water partition coefficient (Wildman–Crippen LogP) is 0.252. The number of sulfonamides is 1. The molecule has 0 aromatic heterocycles. The first-order valence-electron chi connectivity index (χ1n) is 8.16. The lowest BCUT2D eigenvalue weighted by Crippen LogP contribution is -2.48. The Bertz CT molecular complexity index is 720. The Kier molecular flexibility index (Phi) is 5.19. The van der Waals surface area contributed by atoms with Crippen molar-refractivity contribution in [1.29, 1.82) is 0 Å². The monoisotopic (exact) mass is 353 g/mol. The molecular formula is C16H23N3O4S. The molecular weight excluding hydrogens is 330 g/mol. The van der Waals surface area contributed by atoms with Gasteiger partial charge in [-0.05, 0) is 49.6 Å². The minimum absolute atomic E-state index is 0.0930. The van der Waals surface area contributed by atoms with Crippen LogP contribution in [0.15, 0.2) is 23.1 Å².